The third kappa shape index (κ3) is 3.96. The van der Waals surface area contributed by atoms with Gasteiger partial charge in [-0.2, -0.15) is 13.2 Å². The Kier molecular flexibility index (Phi) is 4.13. The van der Waals surface area contributed by atoms with Crippen LogP contribution < -0.4 is 11.1 Å². The molecule has 0 aliphatic carbocycles. The van der Waals surface area contributed by atoms with Gasteiger partial charge in [0, 0.05) is 5.56 Å². The summed E-state index contributed by atoms with van der Waals surface area (Å²) >= 11 is 0. The minimum atomic E-state index is -4.59. The Labute approximate surface area is 100 Å². The van der Waals surface area contributed by atoms with E-state index in [1.165, 1.54) is 24.3 Å². The van der Waals surface area contributed by atoms with Crippen LogP contribution in [0, 0.1) is 0 Å². The lowest BCUT2D eigenvalue weighted by atomic mass is 10.1. The molecule has 1 rings (SSSR count). The van der Waals surface area contributed by atoms with Crippen LogP contribution in [0.1, 0.15) is 12.0 Å². The molecule has 5 nitrogen and oxygen atoms in total. The van der Waals surface area contributed by atoms with Crippen molar-refractivity contribution in [2.45, 2.75) is 12.6 Å². The number of rotatable bonds is 3. The predicted octanol–water partition coefficient (Wildman–Crippen LogP) is 1.67. The van der Waals surface area contributed by atoms with Crippen LogP contribution in [0.25, 0.3) is 0 Å². The Morgan fingerprint density at radius 3 is 2.56 bits per heavy atom. The first-order valence-electron chi connectivity index (χ1n) is 4.77. The summed E-state index contributed by atoms with van der Waals surface area (Å²) in [5.41, 5.74) is 5.50. The van der Waals surface area contributed by atoms with E-state index in [0.717, 1.165) is 0 Å². The summed E-state index contributed by atoms with van der Waals surface area (Å²) in [5.74, 6) is -1.53. The van der Waals surface area contributed by atoms with E-state index in [1.54, 1.807) is 0 Å². The van der Waals surface area contributed by atoms with Gasteiger partial charge in [-0.3, -0.25) is 4.79 Å². The minimum absolute atomic E-state index is 0.0436. The number of nitrogens with zero attached hydrogens (tertiary/aromatic N) is 1. The van der Waals surface area contributed by atoms with Crippen molar-refractivity contribution in [3.05, 3.63) is 29.8 Å². The van der Waals surface area contributed by atoms with Crippen molar-refractivity contribution in [1.29, 1.82) is 0 Å². The lowest BCUT2D eigenvalue weighted by molar-refractivity contribution is -0.150. The molecule has 1 aromatic rings. The van der Waals surface area contributed by atoms with Crippen LogP contribution in [-0.2, 0) is 4.79 Å². The summed E-state index contributed by atoms with van der Waals surface area (Å²) in [4.78, 5) is 11.1. The van der Waals surface area contributed by atoms with Crippen molar-refractivity contribution >= 4 is 17.4 Å². The number of nitrogens with one attached hydrogen (secondary N) is 1. The van der Waals surface area contributed by atoms with E-state index in [4.69, 9.17) is 10.9 Å². The molecule has 4 N–H and O–H groups in total. The number of carbonyl (C=O) groups excluding carboxylic acids is 1. The van der Waals surface area contributed by atoms with E-state index >= 15 is 0 Å². The molecule has 0 heterocycles. The maximum absolute atomic E-state index is 12.0. The van der Waals surface area contributed by atoms with E-state index in [0.29, 0.717) is 0 Å². The first-order chi connectivity index (χ1) is 8.33. The van der Waals surface area contributed by atoms with Gasteiger partial charge in [0.1, 0.15) is 6.42 Å². The number of carbonyl (C=O) groups is 1. The Morgan fingerprint density at radius 2 is 2.00 bits per heavy atom. The van der Waals surface area contributed by atoms with Gasteiger partial charge in [-0.05, 0) is 12.1 Å². The quantitative estimate of drug-likeness (QED) is 0.335. The van der Waals surface area contributed by atoms with Gasteiger partial charge >= 0.3 is 6.18 Å². The van der Waals surface area contributed by atoms with Gasteiger partial charge in [-0.15, -0.1) is 0 Å². The topological polar surface area (TPSA) is 87.7 Å². The molecule has 1 amide bonds. The number of oxime groups is 1. The zero-order chi connectivity index (χ0) is 13.8. The number of amidine groups is 1. The second-order valence-corrected chi connectivity index (χ2v) is 3.37. The Morgan fingerprint density at radius 1 is 1.39 bits per heavy atom. The number of alkyl halides is 3. The Balaban J connectivity index is 2.88. The van der Waals surface area contributed by atoms with Gasteiger partial charge in [-0.1, -0.05) is 17.3 Å². The average Bonchev–Trinajstić information content (AvgIpc) is 2.26. The molecule has 0 radical (unpaired) electrons. The maximum atomic E-state index is 12.0. The van der Waals surface area contributed by atoms with Gasteiger partial charge < -0.3 is 16.3 Å². The summed E-state index contributed by atoms with van der Waals surface area (Å²) in [5, 5.41) is 13.3. The lowest BCUT2D eigenvalue weighted by Crippen LogP contribution is -2.23. The van der Waals surface area contributed by atoms with Crippen molar-refractivity contribution < 1.29 is 23.2 Å². The Bertz CT molecular complexity index is 472. The Hall–Kier alpha value is -2.25. The molecular formula is C10H10F3N3O2. The molecule has 0 spiro atoms. The number of hydrogen-bond acceptors (Lipinski definition) is 3. The number of halogens is 3. The van der Waals surface area contributed by atoms with Gasteiger partial charge in [-0.25, -0.2) is 0 Å². The first kappa shape index (κ1) is 13.8. The fourth-order valence-electron chi connectivity index (χ4n) is 1.25. The smallest absolute Gasteiger partial charge is 0.397 e. The molecule has 0 atom stereocenters. The number of hydrogen-bond donors (Lipinski definition) is 3. The first-order valence-corrected chi connectivity index (χ1v) is 4.77. The second-order valence-electron chi connectivity index (χ2n) is 3.37. The number of nitrogens with two attached hydrogens (primary N) is 1. The molecule has 0 aliphatic rings. The highest BCUT2D eigenvalue weighted by molar-refractivity contribution is 6.05. The van der Waals surface area contributed by atoms with E-state index in [-0.39, 0.29) is 17.1 Å². The maximum Gasteiger partial charge on any atom is 0.397 e. The summed E-state index contributed by atoms with van der Waals surface area (Å²) in [6.45, 7) is 0. The van der Waals surface area contributed by atoms with Crippen molar-refractivity contribution in [3.8, 4) is 0 Å². The molecule has 0 aliphatic heterocycles. The van der Waals surface area contributed by atoms with E-state index < -0.39 is 18.5 Å². The highest BCUT2D eigenvalue weighted by atomic mass is 19.4. The van der Waals surface area contributed by atoms with Crippen LogP contribution in [0.3, 0.4) is 0 Å². The molecule has 0 saturated heterocycles. The minimum Gasteiger partial charge on any atom is -0.409 e. The molecule has 8 heteroatoms. The summed E-state index contributed by atoms with van der Waals surface area (Å²) in [6.07, 6.45) is -6.19. The van der Waals surface area contributed by atoms with E-state index in [2.05, 4.69) is 10.5 Å². The van der Waals surface area contributed by atoms with Crippen molar-refractivity contribution in [2.75, 3.05) is 5.32 Å². The molecule has 1 aromatic carbocycles. The van der Waals surface area contributed by atoms with Gasteiger partial charge in [0.2, 0.25) is 5.91 Å². The lowest BCUT2D eigenvalue weighted by Gasteiger charge is -2.11. The molecular weight excluding hydrogens is 251 g/mol. The number of amides is 1. The highest BCUT2D eigenvalue weighted by Crippen LogP contribution is 2.21. The van der Waals surface area contributed by atoms with Gasteiger partial charge in [0.15, 0.2) is 5.84 Å². The zero-order valence-corrected chi connectivity index (χ0v) is 9.03. The third-order valence-electron chi connectivity index (χ3n) is 1.95. The van der Waals surface area contributed by atoms with Crippen LogP contribution in [0.5, 0.6) is 0 Å². The molecule has 0 fully saturated rings. The molecule has 0 unspecified atom stereocenters. The summed E-state index contributed by atoms with van der Waals surface area (Å²) in [6, 6.07) is 5.78. The zero-order valence-electron chi connectivity index (χ0n) is 9.03. The summed E-state index contributed by atoms with van der Waals surface area (Å²) < 4.78 is 36.0. The standard InChI is InChI=1S/C10H10F3N3O2/c11-10(12,13)5-8(17)15-7-4-2-1-3-6(7)9(14)16-18/h1-4,18H,5H2,(H2,14,16)(H,15,17). The van der Waals surface area contributed by atoms with Crippen LogP contribution >= 0.6 is 0 Å². The van der Waals surface area contributed by atoms with Crippen molar-refractivity contribution in [1.82, 2.24) is 0 Å². The largest absolute Gasteiger partial charge is 0.409 e. The number of para-hydroxylation sites is 1. The van der Waals surface area contributed by atoms with Crippen LogP contribution in [0.15, 0.2) is 29.4 Å². The normalized spacial score (nSPS) is 12.3. The molecule has 0 aromatic heterocycles. The van der Waals surface area contributed by atoms with E-state index in [9.17, 15) is 18.0 Å². The molecule has 98 valence electrons. The molecule has 0 saturated carbocycles. The average molecular weight is 261 g/mol. The fraction of sp³-hybridized carbons (Fsp3) is 0.200. The van der Waals surface area contributed by atoms with Crippen molar-refractivity contribution in [3.63, 3.8) is 0 Å². The monoisotopic (exact) mass is 261 g/mol. The third-order valence-corrected chi connectivity index (χ3v) is 1.95. The highest BCUT2D eigenvalue weighted by Gasteiger charge is 2.31. The van der Waals surface area contributed by atoms with Gasteiger partial charge in [0.25, 0.3) is 0 Å². The molecule has 18 heavy (non-hydrogen) atoms. The van der Waals surface area contributed by atoms with Crippen LogP contribution in [0.4, 0.5) is 18.9 Å². The molecule has 0 bridgehead atoms. The fourth-order valence-corrected chi connectivity index (χ4v) is 1.25. The predicted molar refractivity (Wildman–Crippen MR) is 58.3 cm³/mol. The summed E-state index contributed by atoms with van der Waals surface area (Å²) in [7, 11) is 0. The van der Waals surface area contributed by atoms with E-state index in [1.807, 2.05) is 0 Å². The van der Waals surface area contributed by atoms with Crippen molar-refractivity contribution in [2.24, 2.45) is 10.9 Å². The van der Waals surface area contributed by atoms with Crippen LogP contribution in [-0.4, -0.2) is 23.1 Å². The second kappa shape index (κ2) is 5.39. The SMILES string of the molecule is N/C(=N/O)c1ccccc1NC(=O)CC(F)(F)F. The van der Waals surface area contributed by atoms with Gasteiger partial charge in [0.05, 0.1) is 5.69 Å². The van der Waals surface area contributed by atoms with Crippen LogP contribution in [0.2, 0.25) is 0 Å². The number of anilines is 1. The number of benzene rings is 1.